The Bertz CT molecular complexity index is 797. The van der Waals surface area contributed by atoms with E-state index >= 15 is 0 Å². The molecule has 1 saturated heterocycles. The fourth-order valence-corrected chi connectivity index (χ4v) is 3.09. The minimum Gasteiger partial charge on any atom is -0.393 e. The largest absolute Gasteiger partial charge is 0.416 e. The van der Waals surface area contributed by atoms with Crippen LogP contribution in [0.3, 0.4) is 0 Å². The Morgan fingerprint density at radius 3 is 2.70 bits per heavy atom. The van der Waals surface area contributed by atoms with Gasteiger partial charge in [0.1, 0.15) is 5.69 Å². The van der Waals surface area contributed by atoms with Crippen LogP contribution in [0.1, 0.15) is 35.3 Å². The van der Waals surface area contributed by atoms with Gasteiger partial charge in [0, 0.05) is 19.3 Å². The number of pyridine rings is 1. The standard InChI is InChI=1S/C19H20F3N3O2/c20-19(21,22)13-6-7-17(25-10-3-4-14(26)8-11-25)16(12-13)24-18(27)15-5-1-2-9-23-15/h1-2,5-7,9,12,14,26H,3-4,8,10-11H2,(H,24,27)/t14-/m0/s1. The molecular formula is C19H20F3N3O2. The van der Waals surface area contributed by atoms with Gasteiger partial charge in [-0.05, 0) is 49.6 Å². The summed E-state index contributed by atoms with van der Waals surface area (Å²) < 4.78 is 39.4. The molecule has 8 heteroatoms. The van der Waals surface area contributed by atoms with Crippen LogP contribution in [-0.2, 0) is 6.18 Å². The van der Waals surface area contributed by atoms with Gasteiger partial charge in [0.2, 0.25) is 0 Å². The summed E-state index contributed by atoms with van der Waals surface area (Å²) in [5, 5.41) is 12.4. The lowest BCUT2D eigenvalue weighted by Crippen LogP contribution is -2.27. The van der Waals surface area contributed by atoms with Crippen LogP contribution in [0.4, 0.5) is 24.5 Å². The predicted octanol–water partition coefficient (Wildman–Crippen LogP) is 3.70. The molecule has 0 unspecified atom stereocenters. The molecule has 0 aliphatic carbocycles. The van der Waals surface area contributed by atoms with Crippen LogP contribution in [0.15, 0.2) is 42.6 Å². The van der Waals surface area contributed by atoms with E-state index in [9.17, 15) is 23.1 Å². The molecule has 3 rings (SSSR count). The number of aliphatic hydroxyl groups excluding tert-OH is 1. The molecule has 0 spiro atoms. The number of nitrogens with one attached hydrogen (secondary N) is 1. The second-order valence-corrected chi connectivity index (χ2v) is 6.47. The maximum Gasteiger partial charge on any atom is 0.416 e. The first kappa shape index (κ1) is 19.2. The zero-order chi connectivity index (χ0) is 19.4. The number of hydrogen-bond acceptors (Lipinski definition) is 4. The fourth-order valence-electron chi connectivity index (χ4n) is 3.09. The van der Waals surface area contributed by atoms with Crippen molar-refractivity contribution in [3.63, 3.8) is 0 Å². The van der Waals surface area contributed by atoms with Gasteiger partial charge in [-0.25, -0.2) is 0 Å². The van der Waals surface area contributed by atoms with Gasteiger partial charge >= 0.3 is 6.18 Å². The average molecular weight is 379 g/mol. The molecule has 2 N–H and O–H groups in total. The highest BCUT2D eigenvalue weighted by molar-refractivity contribution is 6.04. The summed E-state index contributed by atoms with van der Waals surface area (Å²) in [7, 11) is 0. The number of amides is 1. The van der Waals surface area contributed by atoms with Gasteiger partial charge in [-0.1, -0.05) is 6.07 Å². The third-order valence-corrected chi connectivity index (χ3v) is 4.51. The van der Waals surface area contributed by atoms with Crippen LogP contribution in [0.2, 0.25) is 0 Å². The fraction of sp³-hybridized carbons (Fsp3) is 0.368. The number of benzene rings is 1. The van der Waals surface area contributed by atoms with Crippen molar-refractivity contribution in [2.24, 2.45) is 0 Å². The normalized spacial score (nSPS) is 18.1. The van der Waals surface area contributed by atoms with Gasteiger partial charge in [0.05, 0.1) is 23.0 Å². The summed E-state index contributed by atoms with van der Waals surface area (Å²) in [5.41, 5.74) is -0.136. The Hall–Kier alpha value is -2.61. The van der Waals surface area contributed by atoms with Crippen molar-refractivity contribution in [2.45, 2.75) is 31.5 Å². The van der Waals surface area contributed by atoms with Crippen LogP contribution in [0, 0.1) is 0 Å². The lowest BCUT2D eigenvalue weighted by molar-refractivity contribution is -0.137. The third-order valence-electron chi connectivity index (χ3n) is 4.51. The molecule has 0 bridgehead atoms. The van der Waals surface area contributed by atoms with Crippen molar-refractivity contribution in [3.05, 3.63) is 53.9 Å². The number of alkyl halides is 3. The van der Waals surface area contributed by atoms with Crippen LogP contribution in [0.5, 0.6) is 0 Å². The van der Waals surface area contributed by atoms with Gasteiger partial charge in [-0.15, -0.1) is 0 Å². The van der Waals surface area contributed by atoms with E-state index < -0.39 is 23.8 Å². The second kappa shape index (κ2) is 7.96. The predicted molar refractivity (Wildman–Crippen MR) is 95.7 cm³/mol. The van der Waals surface area contributed by atoms with E-state index in [-0.39, 0.29) is 11.4 Å². The number of aromatic nitrogens is 1. The summed E-state index contributed by atoms with van der Waals surface area (Å²) in [5.74, 6) is -0.578. The summed E-state index contributed by atoms with van der Waals surface area (Å²) in [4.78, 5) is 18.2. The number of carbonyl (C=O) groups is 1. The van der Waals surface area contributed by atoms with Crippen molar-refractivity contribution < 1.29 is 23.1 Å². The number of aliphatic hydroxyl groups is 1. The summed E-state index contributed by atoms with van der Waals surface area (Å²) in [6.07, 6.45) is -1.61. The van der Waals surface area contributed by atoms with Gasteiger partial charge in [0.25, 0.3) is 5.91 Å². The lowest BCUT2D eigenvalue weighted by Gasteiger charge is -2.26. The van der Waals surface area contributed by atoms with E-state index in [2.05, 4.69) is 10.3 Å². The Morgan fingerprint density at radius 1 is 1.19 bits per heavy atom. The van der Waals surface area contributed by atoms with Crippen LogP contribution >= 0.6 is 0 Å². The first-order valence-electron chi connectivity index (χ1n) is 8.71. The summed E-state index contributed by atoms with van der Waals surface area (Å²) in [6, 6.07) is 8.09. The van der Waals surface area contributed by atoms with Crippen molar-refractivity contribution in [2.75, 3.05) is 23.3 Å². The molecule has 1 fully saturated rings. The number of carbonyl (C=O) groups excluding carboxylic acids is 1. The van der Waals surface area contributed by atoms with Gasteiger partial charge in [-0.2, -0.15) is 13.2 Å². The number of rotatable bonds is 3. The molecule has 5 nitrogen and oxygen atoms in total. The minimum absolute atomic E-state index is 0.0804. The van der Waals surface area contributed by atoms with Gasteiger partial charge in [0.15, 0.2) is 0 Å². The third kappa shape index (κ3) is 4.77. The van der Waals surface area contributed by atoms with E-state index in [1.807, 2.05) is 4.90 Å². The molecular weight excluding hydrogens is 359 g/mol. The first-order chi connectivity index (χ1) is 12.8. The highest BCUT2D eigenvalue weighted by Crippen LogP contribution is 2.36. The number of hydrogen-bond donors (Lipinski definition) is 2. The molecule has 1 aromatic carbocycles. The van der Waals surface area contributed by atoms with E-state index in [1.165, 1.54) is 18.3 Å². The maximum absolute atomic E-state index is 13.1. The Morgan fingerprint density at radius 2 is 2.00 bits per heavy atom. The minimum atomic E-state index is -4.52. The van der Waals surface area contributed by atoms with E-state index in [1.54, 1.807) is 12.1 Å². The molecule has 144 valence electrons. The Labute approximate surface area is 154 Å². The molecule has 1 aromatic heterocycles. The number of nitrogens with zero attached hydrogens (tertiary/aromatic N) is 2. The molecule has 2 heterocycles. The summed E-state index contributed by atoms with van der Waals surface area (Å²) >= 11 is 0. The van der Waals surface area contributed by atoms with Crippen molar-refractivity contribution >= 4 is 17.3 Å². The van der Waals surface area contributed by atoms with Crippen molar-refractivity contribution in [1.29, 1.82) is 0 Å². The van der Waals surface area contributed by atoms with E-state index in [0.29, 0.717) is 31.6 Å². The second-order valence-electron chi connectivity index (χ2n) is 6.47. The first-order valence-corrected chi connectivity index (χ1v) is 8.71. The van der Waals surface area contributed by atoms with Crippen molar-refractivity contribution in [3.8, 4) is 0 Å². The molecule has 1 aliphatic heterocycles. The van der Waals surface area contributed by atoms with E-state index in [4.69, 9.17) is 0 Å². The number of halogens is 3. The molecule has 1 amide bonds. The monoisotopic (exact) mass is 379 g/mol. The molecule has 1 atom stereocenters. The SMILES string of the molecule is O=C(Nc1cc(C(F)(F)F)ccc1N1CCC[C@H](O)CC1)c1ccccn1. The molecule has 0 radical (unpaired) electrons. The maximum atomic E-state index is 13.1. The zero-order valence-electron chi connectivity index (χ0n) is 14.5. The lowest BCUT2D eigenvalue weighted by atomic mass is 10.1. The van der Waals surface area contributed by atoms with Gasteiger partial charge < -0.3 is 15.3 Å². The smallest absolute Gasteiger partial charge is 0.393 e. The molecule has 27 heavy (non-hydrogen) atoms. The summed E-state index contributed by atoms with van der Waals surface area (Å²) in [6.45, 7) is 1.09. The quantitative estimate of drug-likeness (QED) is 0.854. The van der Waals surface area contributed by atoms with Gasteiger partial charge in [-0.3, -0.25) is 9.78 Å². The van der Waals surface area contributed by atoms with Crippen LogP contribution < -0.4 is 10.2 Å². The van der Waals surface area contributed by atoms with Crippen LogP contribution in [0.25, 0.3) is 0 Å². The topological polar surface area (TPSA) is 65.5 Å². The van der Waals surface area contributed by atoms with E-state index in [0.717, 1.165) is 18.6 Å². The van der Waals surface area contributed by atoms with Crippen molar-refractivity contribution in [1.82, 2.24) is 4.98 Å². The number of anilines is 2. The average Bonchev–Trinajstić information content (AvgIpc) is 2.86. The Balaban J connectivity index is 1.93. The van der Waals surface area contributed by atoms with Crippen LogP contribution in [-0.4, -0.2) is 35.2 Å². The zero-order valence-corrected chi connectivity index (χ0v) is 14.5. The Kier molecular flexibility index (Phi) is 5.65. The highest BCUT2D eigenvalue weighted by atomic mass is 19.4. The molecule has 1 aliphatic rings. The molecule has 0 saturated carbocycles. The molecule has 2 aromatic rings. The highest BCUT2D eigenvalue weighted by Gasteiger charge is 2.32.